The highest BCUT2D eigenvalue weighted by molar-refractivity contribution is 7.76. The Balaban J connectivity index is 1.22. The zero-order valence-electron chi connectivity index (χ0n) is 28.0. The summed E-state index contributed by atoms with van der Waals surface area (Å²) >= 11 is 0. The van der Waals surface area contributed by atoms with Gasteiger partial charge in [-0.25, -0.2) is 4.79 Å². The summed E-state index contributed by atoms with van der Waals surface area (Å²) in [5.74, 6) is 0.607. The monoisotopic (exact) mass is 659 g/mol. The number of methoxy groups -OCH3 is 1. The maximum absolute atomic E-state index is 13.6. The molecule has 0 aromatic heterocycles. The highest BCUT2D eigenvalue weighted by Gasteiger charge is 2.63. The highest BCUT2D eigenvalue weighted by Crippen LogP contribution is 2.63. The van der Waals surface area contributed by atoms with Gasteiger partial charge in [0.2, 0.25) is 0 Å². The third kappa shape index (κ3) is 5.18. The van der Waals surface area contributed by atoms with Gasteiger partial charge in [-0.05, 0) is 81.5 Å². The number of para-hydroxylation sites is 1. The van der Waals surface area contributed by atoms with E-state index in [-0.39, 0.29) is 29.4 Å². The topological polar surface area (TPSA) is 60.0 Å². The predicted octanol–water partition coefficient (Wildman–Crippen LogP) is 6.67. The summed E-state index contributed by atoms with van der Waals surface area (Å²) in [6.45, 7) is 6.66. The molecule has 3 aromatic rings. The van der Waals surface area contributed by atoms with Crippen LogP contribution in [0, 0.1) is 36.8 Å². The Morgan fingerprint density at radius 3 is 2.31 bits per heavy atom. The Kier molecular flexibility index (Phi) is 8.74. The molecule has 1 saturated carbocycles. The number of hydrogen-bond acceptors (Lipinski definition) is 6. The Labute approximate surface area is 287 Å². The minimum absolute atomic E-state index is 0.113. The number of nitrogens with zero attached hydrogens (tertiary/aromatic N) is 1. The number of likely N-dealkylation sites (tertiary alicyclic amines) is 1. The number of benzene rings is 3. The van der Waals surface area contributed by atoms with Crippen LogP contribution in [0.15, 0.2) is 96.2 Å². The number of esters is 1. The molecular weight excluding hydrogens is 615 g/mol. The van der Waals surface area contributed by atoms with Crippen molar-refractivity contribution in [1.29, 1.82) is 0 Å². The number of ether oxygens (including phenoxy) is 3. The molecule has 0 bridgehead atoms. The molecule has 4 atom stereocenters. The van der Waals surface area contributed by atoms with Crippen LogP contribution >= 0.6 is 7.92 Å². The van der Waals surface area contributed by atoms with E-state index in [1.807, 2.05) is 0 Å². The molecule has 6 nitrogen and oxygen atoms in total. The van der Waals surface area contributed by atoms with Crippen LogP contribution in [-0.2, 0) is 24.4 Å². The van der Waals surface area contributed by atoms with Crippen LogP contribution in [0.1, 0.15) is 45.1 Å². The van der Waals surface area contributed by atoms with E-state index >= 15 is 0 Å². The number of anilines is 1. The average molecular weight is 660 g/mol. The van der Waals surface area contributed by atoms with E-state index < -0.39 is 13.7 Å². The van der Waals surface area contributed by atoms with Crippen LogP contribution in [0.2, 0.25) is 0 Å². The van der Waals surface area contributed by atoms with Gasteiger partial charge in [-0.15, -0.1) is 0 Å². The highest BCUT2D eigenvalue weighted by atomic mass is 31.1. The Morgan fingerprint density at radius 2 is 1.65 bits per heavy atom. The molecule has 3 heterocycles. The van der Waals surface area contributed by atoms with Crippen LogP contribution in [-0.4, -0.2) is 55.6 Å². The lowest BCUT2D eigenvalue weighted by molar-refractivity contribution is -0.177. The molecule has 3 fully saturated rings. The Morgan fingerprint density at radius 1 is 0.979 bits per heavy atom. The van der Waals surface area contributed by atoms with Crippen LogP contribution in [0.3, 0.4) is 0 Å². The summed E-state index contributed by atoms with van der Waals surface area (Å²) in [4.78, 5) is 16.3. The third-order valence-corrected chi connectivity index (χ3v) is 13.9. The molecule has 48 heavy (non-hydrogen) atoms. The fraction of sp³-hybridized carbons (Fsp3) is 0.366. The van der Waals surface area contributed by atoms with E-state index in [2.05, 4.69) is 128 Å². The third-order valence-electron chi connectivity index (χ3n) is 11.4. The van der Waals surface area contributed by atoms with Gasteiger partial charge in [-0.1, -0.05) is 85.8 Å². The van der Waals surface area contributed by atoms with Crippen LogP contribution < -0.4 is 15.9 Å². The van der Waals surface area contributed by atoms with Crippen molar-refractivity contribution >= 4 is 30.2 Å². The van der Waals surface area contributed by atoms with Crippen LogP contribution in [0.25, 0.3) is 0 Å². The van der Waals surface area contributed by atoms with Crippen molar-refractivity contribution < 1.29 is 19.0 Å². The molecule has 5 aliphatic rings. The minimum atomic E-state index is -0.751. The lowest BCUT2D eigenvalue weighted by Gasteiger charge is -2.50. The van der Waals surface area contributed by atoms with Crippen molar-refractivity contribution in [3.63, 3.8) is 0 Å². The normalized spacial score (nSPS) is 27.5. The van der Waals surface area contributed by atoms with Gasteiger partial charge in [-0.3, -0.25) is 4.90 Å². The van der Waals surface area contributed by atoms with E-state index in [1.165, 1.54) is 34.9 Å². The lowest BCUT2D eigenvalue weighted by Crippen LogP contribution is -2.56. The second-order valence-corrected chi connectivity index (χ2v) is 15.8. The summed E-state index contributed by atoms with van der Waals surface area (Å²) < 4.78 is 18.2. The number of carbonyl (C=O) groups is 1. The molecule has 2 saturated heterocycles. The molecule has 0 unspecified atom stereocenters. The van der Waals surface area contributed by atoms with E-state index in [0.717, 1.165) is 42.8 Å². The number of carbonyl (C=O) groups excluding carboxylic acids is 1. The van der Waals surface area contributed by atoms with Gasteiger partial charge in [0, 0.05) is 48.0 Å². The van der Waals surface area contributed by atoms with Gasteiger partial charge in [0.05, 0.1) is 31.3 Å². The number of fused-ring (bicyclic) bond motifs is 1. The van der Waals surface area contributed by atoms with Gasteiger partial charge in [-0.2, -0.15) is 0 Å². The molecule has 7 heteroatoms. The van der Waals surface area contributed by atoms with Crippen molar-refractivity contribution in [3.05, 3.63) is 133 Å². The van der Waals surface area contributed by atoms with E-state index in [1.54, 1.807) is 0 Å². The summed E-state index contributed by atoms with van der Waals surface area (Å²) in [6, 6.07) is 30.9. The van der Waals surface area contributed by atoms with Crippen LogP contribution in [0.5, 0.6) is 0 Å². The smallest absolute Gasteiger partial charge is 0.335 e. The summed E-state index contributed by atoms with van der Waals surface area (Å²) in [5.41, 5.74) is 5.22. The van der Waals surface area contributed by atoms with Gasteiger partial charge in [0.1, 0.15) is 0 Å². The van der Waals surface area contributed by atoms with Crippen molar-refractivity contribution in [2.75, 3.05) is 32.2 Å². The summed E-state index contributed by atoms with van der Waals surface area (Å²) in [6.07, 6.45) is 9.96. The number of rotatable bonds is 9. The SMILES string of the molecule is CCC1(C[C@@H]2CC(C(=O)OC)=C3Nc4ccccc4[C@@]34CCN([C@H](C)[C]3[CH][CH][CH][C]3P(c3ccccc3)c3ccccc3)[C@@H]24)OCCO1. The molecule has 3 aromatic carbocycles. The largest absolute Gasteiger partial charge is 0.466 e. The van der Waals surface area contributed by atoms with Gasteiger partial charge < -0.3 is 19.5 Å². The van der Waals surface area contributed by atoms with Crippen molar-refractivity contribution in [2.24, 2.45) is 5.92 Å². The standard InChI is InChI=1S/C41H44N2O4P/c1-4-40(46-24-25-47-40)27-29-26-33(39(44)45-3)37-41(34-19-11-12-20-35(34)42-37)22-23-43(38(29)41)28(2)32-18-13-21-36(32)48(30-14-7-5-8-15-30)31-16-9-6-10-17-31/h5-21,28-29,38,42H,4,22-27H2,1-3H3/t28-,29+,38+,41+/m1/s1. The molecule has 5 radical (unpaired) electrons. The van der Waals surface area contributed by atoms with E-state index in [9.17, 15) is 4.79 Å². The van der Waals surface area contributed by atoms with E-state index in [4.69, 9.17) is 14.2 Å². The first-order chi connectivity index (χ1) is 23.5. The number of nitrogens with one attached hydrogen (secondary N) is 1. The van der Waals surface area contributed by atoms with Crippen LogP contribution in [0.4, 0.5) is 5.69 Å². The molecule has 8 rings (SSSR count). The summed E-state index contributed by atoms with van der Waals surface area (Å²) in [7, 11) is 0.749. The summed E-state index contributed by atoms with van der Waals surface area (Å²) in [5, 5.41) is 6.47. The fourth-order valence-corrected chi connectivity index (χ4v) is 11.9. The maximum atomic E-state index is 13.6. The molecular formula is C41H44N2O4P. The van der Waals surface area contributed by atoms with Gasteiger partial charge in [0.15, 0.2) is 5.79 Å². The molecule has 3 aliphatic heterocycles. The molecule has 2 aliphatic carbocycles. The van der Waals surface area contributed by atoms with Crippen molar-refractivity contribution in [3.8, 4) is 0 Å². The van der Waals surface area contributed by atoms with Crippen molar-refractivity contribution in [1.82, 2.24) is 4.90 Å². The number of hydrogen-bond donors (Lipinski definition) is 1. The Hall–Kier alpha value is -3.02. The van der Waals surface area contributed by atoms with Crippen molar-refractivity contribution in [2.45, 2.75) is 62.8 Å². The first-order valence-corrected chi connectivity index (χ1v) is 18.7. The second kappa shape index (κ2) is 13.0. The quantitative estimate of drug-likeness (QED) is 0.205. The molecule has 1 N–H and O–H groups in total. The zero-order chi connectivity index (χ0) is 32.9. The minimum Gasteiger partial charge on any atom is -0.466 e. The Bertz CT molecular complexity index is 1620. The predicted molar refractivity (Wildman–Crippen MR) is 191 cm³/mol. The maximum Gasteiger partial charge on any atom is 0.335 e. The molecule has 0 amide bonds. The first-order valence-electron chi connectivity index (χ1n) is 17.4. The average Bonchev–Trinajstić information content (AvgIpc) is 3.94. The van der Waals surface area contributed by atoms with Gasteiger partial charge >= 0.3 is 5.97 Å². The lowest BCUT2D eigenvalue weighted by atomic mass is 9.62. The fourth-order valence-electron chi connectivity index (χ4n) is 9.33. The van der Waals surface area contributed by atoms with E-state index in [0.29, 0.717) is 19.6 Å². The van der Waals surface area contributed by atoms with Gasteiger partial charge in [0.25, 0.3) is 0 Å². The second-order valence-electron chi connectivity index (χ2n) is 13.6. The zero-order valence-corrected chi connectivity index (χ0v) is 28.9. The first kappa shape index (κ1) is 32.2. The molecule has 1 spiro atoms. The molecule has 247 valence electrons.